The van der Waals surface area contributed by atoms with Gasteiger partial charge in [-0.25, -0.2) is 0 Å². The first-order valence-corrected chi connectivity index (χ1v) is 7.01. The van der Waals surface area contributed by atoms with Crippen molar-refractivity contribution in [2.45, 2.75) is 33.2 Å². The summed E-state index contributed by atoms with van der Waals surface area (Å²) in [6, 6.07) is 8.04. The quantitative estimate of drug-likeness (QED) is 0.856. The molecule has 100 valence electrons. The molecule has 1 heterocycles. The van der Waals surface area contributed by atoms with E-state index < -0.39 is 0 Å². The standard InChI is InChI=1S/C16H21N3/c1-3-7-19(8-4-2)12-14-11-18-16-6-5-13(10-17)9-15(14)16/h5-6,9,11,18H,3-4,7-8,12H2,1-2H3. The van der Waals surface area contributed by atoms with Crippen LogP contribution in [0, 0.1) is 11.3 Å². The van der Waals surface area contributed by atoms with Gasteiger partial charge in [-0.1, -0.05) is 13.8 Å². The second-order valence-electron chi connectivity index (χ2n) is 4.96. The molecule has 2 rings (SSSR count). The zero-order chi connectivity index (χ0) is 13.7. The number of nitriles is 1. The zero-order valence-corrected chi connectivity index (χ0v) is 11.7. The van der Waals surface area contributed by atoms with Gasteiger partial charge in [-0.3, -0.25) is 4.90 Å². The Balaban J connectivity index is 2.26. The van der Waals surface area contributed by atoms with Gasteiger partial charge in [0.1, 0.15) is 0 Å². The summed E-state index contributed by atoms with van der Waals surface area (Å²) >= 11 is 0. The smallest absolute Gasteiger partial charge is 0.0991 e. The van der Waals surface area contributed by atoms with E-state index in [1.807, 2.05) is 18.2 Å². The fourth-order valence-corrected chi connectivity index (χ4v) is 2.52. The molecule has 0 fully saturated rings. The number of hydrogen-bond donors (Lipinski definition) is 1. The number of aromatic amines is 1. The molecule has 2 aromatic rings. The largest absolute Gasteiger partial charge is 0.361 e. The highest BCUT2D eigenvalue weighted by molar-refractivity contribution is 5.84. The monoisotopic (exact) mass is 255 g/mol. The number of H-pyrrole nitrogens is 1. The summed E-state index contributed by atoms with van der Waals surface area (Å²) in [5.41, 5.74) is 3.13. The van der Waals surface area contributed by atoms with E-state index >= 15 is 0 Å². The molecule has 0 amide bonds. The molecule has 0 radical (unpaired) electrons. The van der Waals surface area contributed by atoms with E-state index in [0.717, 1.165) is 30.7 Å². The van der Waals surface area contributed by atoms with Gasteiger partial charge in [0.2, 0.25) is 0 Å². The van der Waals surface area contributed by atoms with Gasteiger partial charge in [-0.2, -0.15) is 5.26 Å². The molecule has 3 heteroatoms. The SMILES string of the molecule is CCCN(CCC)Cc1c[nH]c2ccc(C#N)cc12. The Kier molecular flexibility index (Phi) is 4.59. The highest BCUT2D eigenvalue weighted by Crippen LogP contribution is 2.21. The number of fused-ring (bicyclic) bond motifs is 1. The van der Waals surface area contributed by atoms with Crippen molar-refractivity contribution < 1.29 is 0 Å². The molecule has 1 N–H and O–H groups in total. The van der Waals surface area contributed by atoms with Gasteiger partial charge in [0.05, 0.1) is 11.6 Å². The average Bonchev–Trinajstić information content (AvgIpc) is 2.82. The number of rotatable bonds is 6. The Morgan fingerprint density at radius 2 is 1.95 bits per heavy atom. The van der Waals surface area contributed by atoms with Crippen molar-refractivity contribution in [3.05, 3.63) is 35.5 Å². The first kappa shape index (κ1) is 13.6. The van der Waals surface area contributed by atoms with E-state index in [9.17, 15) is 0 Å². The first-order valence-electron chi connectivity index (χ1n) is 7.01. The number of nitrogens with zero attached hydrogens (tertiary/aromatic N) is 2. The van der Waals surface area contributed by atoms with Crippen molar-refractivity contribution in [1.82, 2.24) is 9.88 Å². The van der Waals surface area contributed by atoms with E-state index in [1.54, 1.807) is 0 Å². The molecule has 3 nitrogen and oxygen atoms in total. The lowest BCUT2D eigenvalue weighted by Gasteiger charge is -2.20. The summed E-state index contributed by atoms with van der Waals surface area (Å²) in [5.74, 6) is 0. The predicted molar refractivity (Wildman–Crippen MR) is 78.9 cm³/mol. The Labute approximate surface area is 114 Å². The molecule has 1 aromatic heterocycles. The van der Waals surface area contributed by atoms with Crippen molar-refractivity contribution in [1.29, 1.82) is 5.26 Å². The molecule has 0 spiro atoms. The van der Waals surface area contributed by atoms with E-state index in [2.05, 4.69) is 36.0 Å². The van der Waals surface area contributed by atoms with Crippen LogP contribution in [0.25, 0.3) is 10.9 Å². The third-order valence-corrected chi connectivity index (χ3v) is 3.37. The van der Waals surface area contributed by atoms with Crippen LogP contribution < -0.4 is 0 Å². The van der Waals surface area contributed by atoms with Gasteiger partial charge in [-0.15, -0.1) is 0 Å². The summed E-state index contributed by atoms with van der Waals surface area (Å²) < 4.78 is 0. The molecule has 0 saturated carbocycles. The average molecular weight is 255 g/mol. The summed E-state index contributed by atoms with van der Waals surface area (Å²) in [7, 11) is 0. The second-order valence-corrected chi connectivity index (χ2v) is 4.96. The van der Waals surface area contributed by atoms with Crippen molar-refractivity contribution in [2.75, 3.05) is 13.1 Å². The minimum Gasteiger partial charge on any atom is -0.361 e. The Hall–Kier alpha value is -1.79. The van der Waals surface area contributed by atoms with Crippen LogP contribution in [0.4, 0.5) is 0 Å². The van der Waals surface area contributed by atoms with Crippen molar-refractivity contribution in [3.63, 3.8) is 0 Å². The van der Waals surface area contributed by atoms with Crippen LogP contribution >= 0.6 is 0 Å². The van der Waals surface area contributed by atoms with Crippen molar-refractivity contribution >= 4 is 10.9 Å². The van der Waals surface area contributed by atoms with Gasteiger partial charge >= 0.3 is 0 Å². The van der Waals surface area contributed by atoms with Crippen LogP contribution in [0.5, 0.6) is 0 Å². The maximum absolute atomic E-state index is 9.01. The topological polar surface area (TPSA) is 42.8 Å². The summed E-state index contributed by atoms with van der Waals surface area (Å²) in [4.78, 5) is 5.77. The lowest BCUT2D eigenvalue weighted by atomic mass is 10.1. The molecule has 0 bridgehead atoms. The molecule has 0 atom stereocenters. The number of nitrogens with one attached hydrogen (secondary N) is 1. The predicted octanol–water partition coefficient (Wildman–Crippen LogP) is 3.66. The number of benzene rings is 1. The Bertz CT molecular complexity index is 571. The van der Waals surface area contributed by atoms with E-state index in [-0.39, 0.29) is 0 Å². The van der Waals surface area contributed by atoms with Crippen LogP contribution in [-0.2, 0) is 6.54 Å². The minimum atomic E-state index is 0.728. The van der Waals surface area contributed by atoms with Gasteiger partial charge in [0, 0.05) is 23.6 Å². The third-order valence-electron chi connectivity index (χ3n) is 3.37. The minimum absolute atomic E-state index is 0.728. The fourth-order valence-electron chi connectivity index (χ4n) is 2.52. The van der Waals surface area contributed by atoms with Gasteiger partial charge < -0.3 is 4.98 Å². The molecule has 0 unspecified atom stereocenters. The molecule has 1 aromatic carbocycles. The van der Waals surface area contributed by atoms with Gasteiger partial charge in [0.25, 0.3) is 0 Å². The lowest BCUT2D eigenvalue weighted by molar-refractivity contribution is 0.267. The zero-order valence-electron chi connectivity index (χ0n) is 11.7. The number of hydrogen-bond acceptors (Lipinski definition) is 2. The van der Waals surface area contributed by atoms with Crippen LogP contribution in [-0.4, -0.2) is 23.0 Å². The second kappa shape index (κ2) is 6.40. The van der Waals surface area contributed by atoms with Crippen LogP contribution in [0.2, 0.25) is 0 Å². The highest BCUT2D eigenvalue weighted by atomic mass is 15.1. The van der Waals surface area contributed by atoms with Crippen molar-refractivity contribution in [3.8, 4) is 6.07 Å². The number of aromatic nitrogens is 1. The van der Waals surface area contributed by atoms with Gasteiger partial charge in [0.15, 0.2) is 0 Å². The summed E-state index contributed by atoms with van der Waals surface area (Å²) in [5, 5.41) is 10.2. The van der Waals surface area contributed by atoms with Gasteiger partial charge in [-0.05, 0) is 49.7 Å². The molecule has 0 aliphatic rings. The van der Waals surface area contributed by atoms with Crippen LogP contribution in [0.15, 0.2) is 24.4 Å². The molecular formula is C16H21N3. The molecular weight excluding hydrogens is 234 g/mol. The van der Waals surface area contributed by atoms with Crippen LogP contribution in [0.1, 0.15) is 37.8 Å². The first-order chi connectivity index (χ1) is 9.28. The highest BCUT2D eigenvalue weighted by Gasteiger charge is 2.09. The lowest BCUT2D eigenvalue weighted by Crippen LogP contribution is -2.24. The van der Waals surface area contributed by atoms with Crippen LogP contribution in [0.3, 0.4) is 0 Å². The summed E-state index contributed by atoms with van der Waals surface area (Å²) in [6.07, 6.45) is 4.42. The van der Waals surface area contributed by atoms with E-state index in [4.69, 9.17) is 5.26 Å². The molecule has 0 aliphatic heterocycles. The van der Waals surface area contributed by atoms with E-state index in [1.165, 1.54) is 23.8 Å². The molecule has 0 aliphatic carbocycles. The maximum Gasteiger partial charge on any atom is 0.0991 e. The van der Waals surface area contributed by atoms with Crippen molar-refractivity contribution in [2.24, 2.45) is 0 Å². The van der Waals surface area contributed by atoms with E-state index in [0.29, 0.717) is 0 Å². The maximum atomic E-state index is 9.01. The third kappa shape index (κ3) is 3.15. The molecule has 0 saturated heterocycles. The summed E-state index contributed by atoms with van der Waals surface area (Å²) in [6.45, 7) is 7.63. The fraction of sp³-hybridized carbons (Fsp3) is 0.438. The Morgan fingerprint density at radius 1 is 1.21 bits per heavy atom. The Morgan fingerprint density at radius 3 is 2.58 bits per heavy atom. The normalized spacial score (nSPS) is 11.1. The molecule has 19 heavy (non-hydrogen) atoms.